The molecule has 256 valence electrons. The zero-order valence-electron chi connectivity index (χ0n) is 26.3. The summed E-state index contributed by atoms with van der Waals surface area (Å²) in [4.78, 5) is 42.3. The number of aromatic nitrogens is 1. The van der Waals surface area contributed by atoms with Crippen molar-refractivity contribution in [2.24, 2.45) is 4.99 Å². The lowest BCUT2D eigenvalue weighted by Crippen LogP contribution is -2.41. The molecule has 1 atom stereocenters. The maximum absolute atomic E-state index is 14.7. The van der Waals surface area contributed by atoms with Gasteiger partial charge in [-0.25, -0.2) is 14.6 Å². The Balaban J connectivity index is 1.48. The highest BCUT2D eigenvalue weighted by Crippen LogP contribution is 2.43. The molecule has 0 radical (unpaired) electrons. The minimum atomic E-state index is -5.06. The Hall–Kier alpha value is -5.21. The second-order valence-corrected chi connectivity index (χ2v) is 12.8. The van der Waals surface area contributed by atoms with Gasteiger partial charge in [0.1, 0.15) is 24.1 Å². The van der Waals surface area contributed by atoms with E-state index in [9.17, 15) is 27.6 Å². The number of carbonyl (C=O) groups excluding carboxylic acids is 1. The number of ether oxygens (including phenoxy) is 3. The predicted octanol–water partition coefficient (Wildman–Crippen LogP) is 6.54. The normalized spacial score (nSPS) is 14.7. The van der Waals surface area contributed by atoms with Gasteiger partial charge in [-0.05, 0) is 81.2 Å². The number of carbonyl (C=O) groups is 2. The molecular weight excluding hydrogens is 741 g/mol. The lowest BCUT2D eigenvalue weighted by atomic mass is 9.90. The zero-order chi connectivity index (χ0) is 35.7. The van der Waals surface area contributed by atoms with Crippen LogP contribution in [-0.2, 0) is 16.1 Å². The molecule has 5 aromatic rings. The summed E-state index contributed by atoms with van der Waals surface area (Å²) in [6, 6.07) is 19.9. The highest BCUT2D eigenvalue weighted by molar-refractivity contribution is 9.10. The van der Waals surface area contributed by atoms with Crippen molar-refractivity contribution >= 4 is 56.1 Å². The topological polar surface area (TPSA) is 116 Å². The van der Waals surface area contributed by atoms with Crippen molar-refractivity contribution in [1.82, 2.24) is 4.57 Å². The Morgan fingerprint density at radius 2 is 1.76 bits per heavy atom. The summed E-state index contributed by atoms with van der Waals surface area (Å²) in [5.74, 6) is -1.66. The van der Waals surface area contributed by atoms with Gasteiger partial charge in [-0.15, -0.1) is 0 Å². The monoisotopic (exact) mass is 766 g/mol. The molecule has 0 amide bonds. The van der Waals surface area contributed by atoms with Gasteiger partial charge in [0.15, 0.2) is 10.5 Å². The molecule has 0 fully saturated rings. The van der Waals surface area contributed by atoms with E-state index in [0.717, 1.165) is 21.5 Å². The van der Waals surface area contributed by atoms with Crippen molar-refractivity contribution in [1.29, 1.82) is 0 Å². The number of fused-ring (bicyclic) bond motifs is 2. The Morgan fingerprint density at radius 3 is 2.42 bits per heavy atom. The first-order valence-corrected chi connectivity index (χ1v) is 16.6. The van der Waals surface area contributed by atoms with Crippen molar-refractivity contribution in [3.8, 4) is 11.5 Å². The number of methoxy groups -OCH3 is 1. The van der Waals surface area contributed by atoms with E-state index in [4.69, 9.17) is 19.3 Å². The SMILES string of the molecule is CCOC(=O)C1=C(C(F)(F)F)N=c2s/c(=C/c3ccc(OCc4ccc(C(=O)O)cc4)c(Br)c3)c(=O)n2[C@@H]1c1c(OC)ccc2ccccc12. The molecule has 0 saturated carbocycles. The van der Waals surface area contributed by atoms with Gasteiger partial charge in [-0.2, -0.15) is 13.2 Å². The second-order valence-electron chi connectivity index (χ2n) is 10.9. The van der Waals surface area contributed by atoms with Crippen LogP contribution in [0.3, 0.4) is 0 Å². The molecule has 0 unspecified atom stereocenters. The van der Waals surface area contributed by atoms with Crippen LogP contribution < -0.4 is 24.4 Å². The molecule has 50 heavy (non-hydrogen) atoms. The summed E-state index contributed by atoms with van der Waals surface area (Å²) < 4.78 is 62.4. The Bertz CT molecular complexity index is 2370. The summed E-state index contributed by atoms with van der Waals surface area (Å²) in [5, 5.41) is 10.2. The molecule has 1 aromatic heterocycles. The third kappa shape index (κ3) is 6.68. The van der Waals surface area contributed by atoms with Gasteiger partial charge in [0, 0.05) is 5.56 Å². The summed E-state index contributed by atoms with van der Waals surface area (Å²) >= 11 is 4.22. The van der Waals surface area contributed by atoms with Crippen LogP contribution in [-0.4, -0.2) is 41.5 Å². The number of thiazole rings is 1. The van der Waals surface area contributed by atoms with E-state index in [1.54, 1.807) is 66.7 Å². The van der Waals surface area contributed by atoms with E-state index >= 15 is 0 Å². The number of aromatic carboxylic acids is 1. The Labute approximate surface area is 294 Å². The zero-order valence-corrected chi connectivity index (χ0v) is 28.7. The van der Waals surface area contributed by atoms with Gasteiger partial charge >= 0.3 is 18.1 Å². The number of allylic oxidation sites excluding steroid dienone is 1. The highest BCUT2D eigenvalue weighted by atomic mass is 79.9. The van der Waals surface area contributed by atoms with E-state index in [-0.39, 0.29) is 39.4 Å². The molecule has 0 bridgehead atoms. The Kier molecular flexibility index (Phi) is 9.67. The van der Waals surface area contributed by atoms with E-state index < -0.39 is 41.0 Å². The van der Waals surface area contributed by atoms with Crippen LogP contribution in [0.1, 0.15) is 40.0 Å². The average molecular weight is 768 g/mol. The number of esters is 1. The van der Waals surface area contributed by atoms with Crippen LogP contribution in [0.4, 0.5) is 13.2 Å². The lowest BCUT2D eigenvalue weighted by Gasteiger charge is -2.28. The van der Waals surface area contributed by atoms with E-state index in [1.807, 2.05) is 0 Å². The number of halogens is 4. The maximum Gasteiger partial charge on any atom is 0.434 e. The quantitative estimate of drug-likeness (QED) is 0.170. The average Bonchev–Trinajstić information content (AvgIpc) is 3.40. The van der Waals surface area contributed by atoms with Gasteiger partial charge in [-0.3, -0.25) is 9.36 Å². The number of hydrogen-bond donors (Lipinski definition) is 1. The second kappa shape index (κ2) is 14.0. The van der Waals surface area contributed by atoms with Gasteiger partial charge < -0.3 is 19.3 Å². The lowest BCUT2D eigenvalue weighted by molar-refractivity contribution is -0.140. The first kappa shape index (κ1) is 34.6. The summed E-state index contributed by atoms with van der Waals surface area (Å²) in [6.07, 6.45) is -3.55. The van der Waals surface area contributed by atoms with Crippen molar-refractivity contribution in [2.75, 3.05) is 13.7 Å². The fourth-order valence-corrected chi connectivity index (χ4v) is 7.14. The van der Waals surface area contributed by atoms with Crippen LogP contribution in [0.15, 0.2) is 104 Å². The first-order valence-electron chi connectivity index (χ1n) is 15.0. The van der Waals surface area contributed by atoms with Crippen LogP contribution in [0.25, 0.3) is 16.8 Å². The molecule has 0 aliphatic carbocycles. The fraction of sp³-hybridized carbons (Fsp3) is 0.167. The number of hydrogen-bond acceptors (Lipinski definition) is 8. The van der Waals surface area contributed by atoms with E-state index in [0.29, 0.717) is 26.6 Å². The van der Waals surface area contributed by atoms with E-state index in [2.05, 4.69) is 20.9 Å². The van der Waals surface area contributed by atoms with E-state index in [1.165, 1.54) is 32.2 Å². The minimum absolute atomic E-state index is 0.0682. The molecule has 6 rings (SSSR count). The van der Waals surface area contributed by atoms with Gasteiger partial charge in [-0.1, -0.05) is 59.9 Å². The largest absolute Gasteiger partial charge is 0.496 e. The van der Waals surface area contributed by atoms with Crippen molar-refractivity contribution in [3.05, 3.63) is 137 Å². The first-order chi connectivity index (χ1) is 23.9. The molecular formula is C36H26BrF3N2O7S. The summed E-state index contributed by atoms with van der Waals surface area (Å²) in [7, 11) is 1.36. The molecule has 4 aromatic carbocycles. The number of alkyl halides is 3. The molecule has 14 heteroatoms. The Morgan fingerprint density at radius 1 is 1.04 bits per heavy atom. The van der Waals surface area contributed by atoms with Crippen molar-refractivity contribution < 1.29 is 42.1 Å². The standard InChI is InChI=1S/C36H26BrF3N2O7S/c1-3-48-34(46)29-30(28-23-7-5-4-6-21(23)13-15-26(28)47-2)42-32(43)27(50-35(42)41-31(29)36(38,39)40)17-20-10-14-25(24(37)16-20)49-18-19-8-11-22(12-9-19)33(44)45/h4-17,30H,3,18H2,1-2H3,(H,44,45)/b27-17+/t30-/m1/s1. The molecule has 0 spiro atoms. The van der Waals surface area contributed by atoms with Crippen LogP contribution in [0.2, 0.25) is 0 Å². The van der Waals surface area contributed by atoms with Crippen LogP contribution in [0, 0.1) is 0 Å². The molecule has 1 aliphatic heterocycles. The third-order valence-electron chi connectivity index (χ3n) is 7.87. The molecule has 2 heterocycles. The third-order valence-corrected chi connectivity index (χ3v) is 9.47. The highest BCUT2D eigenvalue weighted by Gasteiger charge is 2.46. The molecule has 1 aliphatic rings. The fourth-order valence-electron chi connectivity index (χ4n) is 5.63. The smallest absolute Gasteiger partial charge is 0.434 e. The van der Waals surface area contributed by atoms with Gasteiger partial charge in [0.2, 0.25) is 0 Å². The maximum atomic E-state index is 14.7. The number of benzene rings is 4. The number of rotatable bonds is 9. The van der Waals surface area contributed by atoms with Crippen molar-refractivity contribution in [2.45, 2.75) is 25.7 Å². The van der Waals surface area contributed by atoms with Crippen LogP contribution in [0.5, 0.6) is 11.5 Å². The number of nitrogens with zero attached hydrogens (tertiary/aromatic N) is 2. The van der Waals surface area contributed by atoms with Gasteiger partial charge in [0.25, 0.3) is 5.56 Å². The predicted molar refractivity (Wildman–Crippen MR) is 183 cm³/mol. The molecule has 9 nitrogen and oxygen atoms in total. The number of carboxylic acids is 1. The summed E-state index contributed by atoms with van der Waals surface area (Å²) in [5.41, 5.74) is -1.35. The summed E-state index contributed by atoms with van der Waals surface area (Å²) in [6.45, 7) is 1.42. The van der Waals surface area contributed by atoms with Crippen LogP contribution >= 0.6 is 27.3 Å². The van der Waals surface area contributed by atoms with Gasteiger partial charge in [0.05, 0.1) is 33.9 Å². The van der Waals surface area contributed by atoms with Crippen molar-refractivity contribution in [3.63, 3.8) is 0 Å². The molecule has 1 N–H and O–H groups in total. The minimum Gasteiger partial charge on any atom is -0.496 e. The molecule has 0 saturated heterocycles. The number of carboxylic acid groups (broad SMARTS) is 1.